The third kappa shape index (κ3) is 1.43. The number of rotatable bonds is 2. The highest BCUT2D eigenvalue weighted by Gasteiger charge is 2.33. The van der Waals surface area contributed by atoms with Gasteiger partial charge in [-0.2, -0.15) is 10.5 Å². The highest BCUT2D eigenvalue weighted by molar-refractivity contribution is 5.90. The molecular weight excluding hydrogens is 156 g/mol. The molecule has 0 amide bonds. The summed E-state index contributed by atoms with van der Waals surface area (Å²) in [6.07, 6.45) is 1.54. The molecule has 0 aromatic rings. The first-order valence-electron chi connectivity index (χ1n) is 3.48. The molecule has 1 N–H and O–H groups in total. The first kappa shape index (κ1) is 8.29. The van der Waals surface area contributed by atoms with Crippen LogP contribution in [0.15, 0.2) is 11.1 Å². The van der Waals surface area contributed by atoms with E-state index in [1.807, 2.05) is 0 Å². The van der Waals surface area contributed by atoms with E-state index < -0.39 is 5.97 Å². The van der Waals surface area contributed by atoms with Crippen molar-refractivity contribution >= 4 is 5.97 Å². The molecular formula is C8H6N2O2. The lowest BCUT2D eigenvalue weighted by Gasteiger charge is -1.96. The number of nitriles is 2. The van der Waals surface area contributed by atoms with E-state index in [1.165, 1.54) is 0 Å². The SMILES string of the molecule is N#CC(C#N)=C(C(=O)O)C1CC1. The van der Waals surface area contributed by atoms with Gasteiger partial charge < -0.3 is 5.11 Å². The Kier molecular flexibility index (Phi) is 2.11. The summed E-state index contributed by atoms with van der Waals surface area (Å²) in [6, 6.07) is 3.18. The van der Waals surface area contributed by atoms with Gasteiger partial charge in [0, 0.05) is 0 Å². The van der Waals surface area contributed by atoms with Crippen molar-refractivity contribution in [3.05, 3.63) is 11.1 Å². The molecule has 1 saturated carbocycles. The molecule has 0 bridgehead atoms. The van der Waals surface area contributed by atoms with Crippen LogP contribution < -0.4 is 0 Å². The number of aliphatic carboxylic acids is 1. The van der Waals surface area contributed by atoms with Crippen molar-refractivity contribution in [2.75, 3.05) is 0 Å². The molecule has 60 valence electrons. The molecule has 1 aliphatic carbocycles. The Morgan fingerprint density at radius 3 is 2.08 bits per heavy atom. The van der Waals surface area contributed by atoms with Gasteiger partial charge in [0.25, 0.3) is 0 Å². The summed E-state index contributed by atoms with van der Waals surface area (Å²) >= 11 is 0. The Bertz CT molecular complexity index is 310. The second kappa shape index (κ2) is 3.06. The van der Waals surface area contributed by atoms with Gasteiger partial charge >= 0.3 is 5.97 Å². The minimum atomic E-state index is -1.14. The van der Waals surface area contributed by atoms with Crippen LogP contribution in [-0.4, -0.2) is 11.1 Å². The molecule has 4 heteroatoms. The van der Waals surface area contributed by atoms with Gasteiger partial charge in [0.15, 0.2) is 0 Å². The van der Waals surface area contributed by atoms with Gasteiger partial charge in [-0.25, -0.2) is 4.79 Å². The first-order valence-corrected chi connectivity index (χ1v) is 3.48. The fourth-order valence-corrected chi connectivity index (χ4v) is 1.00. The standard InChI is InChI=1S/C8H6N2O2/c9-3-6(4-10)7(8(11)12)5-1-2-5/h5H,1-2H2,(H,11,12). The van der Waals surface area contributed by atoms with Crippen LogP contribution in [0.2, 0.25) is 0 Å². The molecule has 0 heterocycles. The van der Waals surface area contributed by atoms with E-state index in [-0.39, 0.29) is 17.1 Å². The molecule has 0 radical (unpaired) electrons. The normalized spacial score (nSPS) is 14.2. The number of carboxylic acid groups (broad SMARTS) is 1. The number of nitrogens with zero attached hydrogens (tertiary/aromatic N) is 2. The van der Waals surface area contributed by atoms with Crippen LogP contribution in [0, 0.1) is 28.6 Å². The molecule has 0 saturated heterocycles. The van der Waals surface area contributed by atoms with Crippen molar-refractivity contribution in [1.29, 1.82) is 10.5 Å². The third-order valence-corrected chi connectivity index (χ3v) is 1.71. The number of hydrogen-bond acceptors (Lipinski definition) is 3. The Morgan fingerprint density at radius 1 is 1.33 bits per heavy atom. The zero-order chi connectivity index (χ0) is 9.14. The predicted molar refractivity (Wildman–Crippen MR) is 38.6 cm³/mol. The third-order valence-electron chi connectivity index (χ3n) is 1.71. The van der Waals surface area contributed by atoms with Crippen LogP contribution in [-0.2, 0) is 4.79 Å². The van der Waals surface area contributed by atoms with E-state index >= 15 is 0 Å². The Labute approximate surface area is 69.3 Å². The molecule has 1 rings (SSSR count). The van der Waals surface area contributed by atoms with E-state index in [1.54, 1.807) is 12.1 Å². The van der Waals surface area contributed by atoms with E-state index in [2.05, 4.69) is 0 Å². The lowest BCUT2D eigenvalue weighted by atomic mass is 10.1. The summed E-state index contributed by atoms with van der Waals surface area (Å²) in [6.45, 7) is 0. The molecule has 1 aliphatic rings. The molecule has 0 spiro atoms. The van der Waals surface area contributed by atoms with Gasteiger partial charge in [0.05, 0.1) is 5.57 Å². The highest BCUT2D eigenvalue weighted by atomic mass is 16.4. The quantitative estimate of drug-likeness (QED) is 0.481. The van der Waals surface area contributed by atoms with Crippen molar-refractivity contribution in [2.24, 2.45) is 5.92 Å². The van der Waals surface area contributed by atoms with Crippen molar-refractivity contribution in [2.45, 2.75) is 12.8 Å². The summed E-state index contributed by atoms with van der Waals surface area (Å²) in [5, 5.41) is 25.5. The summed E-state index contributed by atoms with van der Waals surface area (Å²) in [7, 11) is 0. The van der Waals surface area contributed by atoms with Gasteiger partial charge in [-0.3, -0.25) is 0 Å². The lowest BCUT2D eigenvalue weighted by Crippen LogP contribution is -2.05. The highest BCUT2D eigenvalue weighted by Crippen LogP contribution is 2.37. The van der Waals surface area contributed by atoms with E-state index in [0.29, 0.717) is 0 Å². The molecule has 12 heavy (non-hydrogen) atoms. The topological polar surface area (TPSA) is 84.9 Å². The summed E-state index contributed by atoms with van der Waals surface area (Å²) in [5.74, 6) is -1.22. The minimum Gasteiger partial charge on any atom is -0.478 e. The largest absolute Gasteiger partial charge is 0.478 e. The average molecular weight is 162 g/mol. The van der Waals surface area contributed by atoms with Gasteiger partial charge in [-0.1, -0.05) is 0 Å². The molecule has 4 nitrogen and oxygen atoms in total. The van der Waals surface area contributed by atoms with Crippen molar-refractivity contribution in [1.82, 2.24) is 0 Å². The number of hydrogen-bond donors (Lipinski definition) is 1. The van der Waals surface area contributed by atoms with Crippen LogP contribution in [0.5, 0.6) is 0 Å². The number of carboxylic acids is 1. The van der Waals surface area contributed by atoms with Gasteiger partial charge in [-0.05, 0) is 18.8 Å². The van der Waals surface area contributed by atoms with Gasteiger partial charge in [0.1, 0.15) is 17.7 Å². The fraction of sp³-hybridized carbons (Fsp3) is 0.375. The Balaban J connectivity index is 3.07. The maximum absolute atomic E-state index is 10.6. The molecule has 1 fully saturated rings. The zero-order valence-electron chi connectivity index (χ0n) is 6.24. The predicted octanol–water partition coefficient (Wildman–Crippen LogP) is 0.825. The Morgan fingerprint density at radius 2 is 1.83 bits per heavy atom. The molecule has 0 aromatic heterocycles. The number of carbonyl (C=O) groups is 1. The van der Waals surface area contributed by atoms with Crippen LogP contribution >= 0.6 is 0 Å². The fourth-order valence-electron chi connectivity index (χ4n) is 1.00. The minimum absolute atomic E-state index is 0.0139. The second-order valence-corrected chi connectivity index (χ2v) is 2.59. The summed E-state index contributed by atoms with van der Waals surface area (Å²) < 4.78 is 0. The van der Waals surface area contributed by atoms with Crippen LogP contribution in [0.1, 0.15) is 12.8 Å². The summed E-state index contributed by atoms with van der Waals surface area (Å²) in [4.78, 5) is 10.6. The maximum Gasteiger partial charge on any atom is 0.333 e. The molecule has 0 aromatic carbocycles. The van der Waals surface area contributed by atoms with E-state index in [9.17, 15) is 4.79 Å². The Hall–Kier alpha value is -1.81. The zero-order valence-corrected chi connectivity index (χ0v) is 6.24. The molecule has 0 aliphatic heterocycles. The second-order valence-electron chi connectivity index (χ2n) is 2.59. The van der Waals surface area contributed by atoms with E-state index in [0.717, 1.165) is 12.8 Å². The first-order chi connectivity index (χ1) is 5.70. The summed E-state index contributed by atoms with van der Waals surface area (Å²) in [5.41, 5.74) is -0.273. The smallest absolute Gasteiger partial charge is 0.333 e. The van der Waals surface area contributed by atoms with Gasteiger partial charge in [-0.15, -0.1) is 0 Å². The van der Waals surface area contributed by atoms with Crippen LogP contribution in [0.3, 0.4) is 0 Å². The molecule has 0 unspecified atom stereocenters. The monoisotopic (exact) mass is 162 g/mol. The number of allylic oxidation sites excluding steroid dienone is 1. The van der Waals surface area contributed by atoms with Crippen molar-refractivity contribution < 1.29 is 9.90 Å². The lowest BCUT2D eigenvalue weighted by molar-refractivity contribution is -0.133. The van der Waals surface area contributed by atoms with E-state index in [4.69, 9.17) is 15.6 Å². The molecule has 0 atom stereocenters. The van der Waals surface area contributed by atoms with Crippen molar-refractivity contribution in [3.63, 3.8) is 0 Å². The van der Waals surface area contributed by atoms with Crippen molar-refractivity contribution in [3.8, 4) is 12.1 Å². The van der Waals surface area contributed by atoms with Crippen LogP contribution in [0.4, 0.5) is 0 Å². The maximum atomic E-state index is 10.6. The average Bonchev–Trinajstić information content (AvgIpc) is 2.82. The van der Waals surface area contributed by atoms with Crippen LogP contribution in [0.25, 0.3) is 0 Å². The van der Waals surface area contributed by atoms with Gasteiger partial charge in [0.2, 0.25) is 0 Å².